The van der Waals surface area contributed by atoms with Gasteiger partial charge in [-0.25, -0.2) is 0 Å². The minimum Gasteiger partial charge on any atom is -0.456 e. The molecule has 0 spiro atoms. The SMILES string of the molecule is Cc1cc(C)c(C(=O)N2CC[C@@H](N)C[C@@H]2C)o1. The summed E-state index contributed by atoms with van der Waals surface area (Å²) < 4.78 is 5.48. The highest BCUT2D eigenvalue weighted by molar-refractivity contribution is 5.93. The topological polar surface area (TPSA) is 59.5 Å². The first-order valence-electron chi connectivity index (χ1n) is 6.12. The third-order valence-electron chi connectivity index (χ3n) is 3.41. The van der Waals surface area contributed by atoms with Crippen molar-refractivity contribution in [2.45, 2.75) is 45.7 Å². The third kappa shape index (κ3) is 2.36. The largest absolute Gasteiger partial charge is 0.456 e. The Morgan fingerprint density at radius 1 is 1.53 bits per heavy atom. The summed E-state index contributed by atoms with van der Waals surface area (Å²) in [5.74, 6) is 1.26. The Bertz CT molecular complexity index is 425. The van der Waals surface area contributed by atoms with Crippen LogP contribution in [0.25, 0.3) is 0 Å². The van der Waals surface area contributed by atoms with Gasteiger partial charge in [-0.15, -0.1) is 0 Å². The second-order valence-corrected chi connectivity index (χ2v) is 5.00. The van der Waals surface area contributed by atoms with Crippen LogP contribution in [0.1, 0.15) is 41.6 Å². The van der Waals surface area contributed by atoms with Crippen LogP contribution in [-0.2, 0) is 0 Å². The molecule has 94 valence electrons. The normalized spacial score (nSPS) is 25.1. The van der Waals surface area contributed by atoms with Crippen molar-refractivity contribution >= 4 is 5.91 Å². The van der Waals surface area contributed by atoms with E-state index in [2.05, 4.69) is 0 Å². The van der Waals surface area contributed by atoms with Gasteiger partial charge in [0.1, 0.15) is 5.76 Å². The maximum Gasteiger partial charge on any atom is 0.290 e. The Morgan fingerprint density at radius 3 is 2.76 bits per heavy atom. The summed E-state index contributed by atoms with van der Waals surface area (Å²) in [6.07, 6.45) is 1.74. The van der Waals surface area contributed by atoms with Crippen molar-refractivity contribution in [1.82, 2.24) is 4.90 Å². The molecule has 0 unspecified atom stereocenters. The molecule has 0 radical (unpaired) electrons. The number of hydrogen-bond acceptors (Lipinski definition) is 3. The van der Waals surface area contributed by atoms with Crippen molar-refractivity contribution in [2.75, 3.05) is 6.54 Å². The molecular weight excluding hydrogens is 216 g/mol. The Kier molecular flexibility index (Phi) is 3.24. The number of furan rings is 1. The Balaban J connectivity index is 2.17. The summed E-state index contributed by atoms with van der Waals surface area (Å²) in [6.45, 7) is 6.53. The quantitative estimate of drug-likeness (QED) is 0.809. The molecular formula is C13H20N2O2. The number of nitrogens with zero attached hydrogens (tertiary/aromatic N) is 1. The van der Waals surface area contributed by atoms with Gasteiger partial charge in [-0.05, 0) is 39.7 Å². The summed E-state index contributed by atoms with van der Waals surface area (Å²) in [5, 5.41) is 0. The Morgan fingerprint density at radius 2 is 2.24 bits per heavy atom. The molecule has 2 N–H and O–H groups in total. The minimum absolute atomic E-state index is 0.00463. The van der Waals surface area contributed by atoms with Crippen LogP contribution < -0.4 is 5.73 Å². The van der Waals surface area contributed by atoms with Crippen molar-refractivity contribution in [3.05, 3.63) is 23.2 Å². The number of likely N-dealkylation sites (tertiary alicyclic amines) is 1. The van der Waals surface area contributed by atoms with Crippen molar-refractivity contribution in [3.63, 3.8) is 0 Å². The molecule has 1 amide bonds. The number of carbonyl (C=O) groups excluding carboxylic acids is 1. The van der Waals surface area contributed by atoms with E-state index in [1.54, 1.807) is 0 Å². The summed E-state index contributed by atoms with van der Waals surface area (Å²) >= 11 is 0. The Hall–Kier alpha value is -1.29. The molecule has 1 aromatic heterocycles. The molecule has 2 rings (SSSR count). The van der Waals surface area contributed by atoms with E-state index in [1.807, 2.05) is 31.7 Å². The molecule has 2 heterocycles. The predicted octanol–water partition coefficient (Wildman–Crippen LogP) is 1.85. The van der Waals surface area contributed by atoms with Gasteiger partial charge in [-0.2, -0.15) is 0 Å². The standard InChI is InChI=1S/C13H20N2O2/c1-8-6-10(3)17-12(8)13(16)15-5-4-11(14)7-9(15)2/h6,9,11H,4-5,7,14H2,1-3H3/t9-,11+/m0/s1. The molecule has 4 nitrogen and oxygen atoms in total. The van der Waals surface area contributed by atoms with Crippen LogP contribution >= 0.6 is 0 Å². The number of carbonyl (C=O) groups is 1. The lowest BCUT2D eigenvalue weighted by Gasteiger charge is -2.35. The van der Waals surface area contributed by atoms with Gasteiger partial charge < -0.3 is 15.1 Å². The van der Waals surface area contributed by atoms with Crippen LogP contribution in [0.4, 0.5) is 0 Å². The highest BCUT2D eigenvalue weighted by Crippen LogP contribution is 2.22. The average Bonchev–Trinajstić information content (AvgIpc) is 2.57. The number of hydrogen-bond donors (Lipinski definition) is 1. The zero-order valence-corrected chi connectivity index (χ0v) is 10.7. The second-order valence-electron chi connectivity index (χ2n) is 5.00. The smallest absolute Gasteiger partial charge is 0.290 e. The molecule has 1 aromatic rings. The summed E-state index contributed by atoms with van der Waals surface area (Å²) in [4.78, 5) is 14.2. The molecule has 0 aromatic carbocycles. The van der Waals surface area contributed by atoms with Gasteiger partial charge >= 0.3 is 0 Å². The summed E-state index contributed by atoms with van der Waals surface area (Å²) in [7, 11) is 0. The highest BCUT2D eigenvalue weighted by atomic mass is 16.4. The van der Waals surface area contributed by atoms with E-state index in [0.717, 1.165) is 30.7 Å². The van der Waals surface area contributed by atoms with Gasteiger partial charge in [0.25, 0.3) is 5.91 Å². The number of piperidine rings is 1. The Labute approximate surface area is 102 Å². The predicted molar refractivity (Wildman–Crippen MR) is 65.9 cm³/mol. The maximum atomic E-state index is 12.3. The van der Waals surface area contributed by atoms with Crippen molar-refractivity contribution in [1.29, 1.82) is 0 Å². The van der Waals surface area contributed by atoms with Crippen molar-refractivity contribution < 1.29 is 9.21 Å². The number of amides is 1. The van der Waals surface area contributed by atoms with Gasteiger partial charge in [0.15, 0.2) is 5.76 Å². The second kappa shape index (κ2) is 4.53. The fourth-order valence-electron chi connectivity index (χ4n) is 2.49. The van der Waals surface area contributed by atoms with E-state index in [0.29, 0.717) is 5.76 Å². The molecule has 1 fully saturated rings. The molecule has 1 aliphatic heterocycles. The molecule has 4 heteroatoms. The van der Waals surface area contributed by atoms with Crippen LogP contribution in [0.2, 0.25) is 0 Å². The molecule has 0 aliphatic carbocycles. The zero-order chi connectivity index (χ0) is 12.6. The first-order valence-corrected chi connectivity index (χ1v) is 6.12. The van der Waals surface area contributed by atoms with Crippen LogP contribution in [0.5, 0.6) is 0 Å². The van der Waals surface area contributed by atoms with Crippen LogP contribution in [-0.4, -0.2) is 29.4 Å². The van der Waals surface area contributed by atoms with E-state index < -0.39 is 0 Å². The van der Waals surface area contributed by atoms with E-state index in [9.17, 15) is 4.79 Å². The van der Waals surface area contributed by atoms with E-state index >= 15 is 0 Å². The van der Waals surface area contributed by atoms with Crippen molar-refractivity contribution in [3.8, 4) is 0 Å². The van der Waals surface area contributed by atoms with Gasteiger partial charge in [-0.3, -0.25) is 4.79 Å². The third-order valence-corrected chi connectivity index (χ3v) is 3.41. The van der Waals surface area contributed by atoms with Gasteiger partial charge in [0, 0.05) is 24.2 Å². The number of aryl methyl sites for hydroxylation is 2. The first-order chi connectivity index (χ1) is 7.99. The van der Waals surface area contributed by atoms with E-state index in [4.69, 9.17) is 10.2 Å². The van der Waals surface area contributed by atoms with Crippen LogP contribution in [0.15, 0.2) is 10.5 Å². The molecule has 0 saturated carbocycles. The zero-order valence-electron chi connectivity index (χ0n) is 10.7. The first kappa shape index (κ1) is 12.2. The van der Waals surface area contributed by atoms with Gasteiger partial charge in [0.05, 0.1) is 0 Å². The molecule has 2 atom stereocenters. The van der Waals surface area contributed by atoms with E-state index in [1.165, 1.54) is 0 Å². The molecule has 1 saturated heterocycles. The highest BCUT2D eigenvalue weighted by Gasteiger charge is 2.30. The minimum atomic E-state index is -0.00463. The number of nitrogens with two attached hydrogens (primary N) is 1. The maximum absolute atomic E-state index is 12.3. The van der Waals surface area contributed by atoms with Gasteiger partial charge in [-0.1, -0.05) is 0 Å². The summed E-state index contributed by atoms with van der Waals surface area (Å²) in [6, 6.07) is 2.30. The monoisotopic (exact) mass is 236 g/mol. The lowest BCUT2D eigenvalue weighted by Crippen LogP contribution is -2.48. The number of rotatable bonds is 1. The molecule has 17 heavy (non-hydrogen) atoms. The summed E-state index contributed by atoms with van der Waals surface area (Å²) in [5.41, 5.74) is 6.81. The van der Waals surface area contributed by atoms with E-state index in [-0.39, 0.29) is 18.0 Å². The van der Waals surface area contributed by atoms with Crippen LogP contribution in [0, 0.1) is 13.8 Å². The fraction of sp³-hybridized carbons (Fsp3) is 0.615. The lowest BCUT2D eigenvalue weighted by atomic mass is 9.98. The lowest BCUT2D eigenvalue weighted by molar-refractivity contribution is 0.0584. The average molecular weight is 236 g/mol. The van der Waals surface area contributed by atoms with Gasteiger partial charge in [0.2, 0.25) is 0 Å². The molecule has 0 bridgehead atoms. The fourth-order valence-corrected chi connectivity index (χ4v) is 2.49. The van der Waals surface area contributed by atoms with Crippen molar-refractivity contribution in [2.24, 2.45) is 5.73 Å². The molecule has 1 aliphatic rings. The van der Waals surface area contributed by atoms with Crippen LogP contribution in [0.3, 0.4) is 0 Å².